The summed E-state index contributed by atoms with van der Waals surface area (Å²) in [6.07, 6.45) is 3.90. The molecule has 0 atom stereocenters. The smallest absolute Gasteiger partial charge is 0.166 e. The molecule has 0 fully saturated rings. The molecule has 1 heterocycles. The van der Waals surface area contributed by atoms with Gasteiger partial charge in [-0.05, 0) is 48.7 Å². The Morgan fingerprint density at radius 2 is 1.82 bits per heavy atom. The lowest BCUT2D eigenvalue weighted by atomic mass is 9.96. The Kier molecular flexibility index (Phi) is 6.19. The highest BCUT2D eigenvalue weighted by atomic mass is 16.1. The number of Topliss-reactive ketones (excluding diaryl/α,β-unsaturated/α-hetero) is 2. The number of hydrogen-bond donors (Lipinski definition) is 1. The van der Waals surface area contributed by atoms with Gasteiger partial charge in [-0.2, -0.15) is 0 Å². The summed E-state index contributed by atoms with van der Waals surface area (Å²) in [7, 11) is 0. The van der Waals surface area contributed by atoms with E-state index < -0.39 is 0 Å². The number of aromatic nitrogens is 1. The maximum atomic E-state index is 12.5. The van der Waals surface area contributed by atoms with Crippen molar-refractivity contribution in [1.29, 1.82) is 0 Å². The number of benzene rings is 2. The summed E-state index contributed by atoms with van der Waals surface area (Å²) >= 11 is 0. The number of pyridine rings is 1. The fourth-order valence-corrected chi connectivity index (χ4v) is 3.36. The van der Waals surface area contributed by atoms with E-state index in [1.807, 2.05) is 63.2 Å². The highest BCUT2D eigenvalue weighted by Crippen LogP contribution is 2.32. The van der Waals surface area contributed by atoms with Gasteiger partial charge < -0.3 is 5.32 Å². The Bertz CT molecular complexity index is 1010. The molecular formula is C24H26N2O2. The summed E-state index contributed by atoms with van der Waals surface area (Å²) in [6.45, 7) is 5.87. The minimum atomic E-state index is 0.0389. The van der Waals surface area contributed by atoms with Gasteiger partial charge in [0.2, 0.25) is 0 Å². The molecule has 3 rings (SSSR count). The van der Waals surface area contributed by atoms with Crippen LogP contribution in [0.4, 0.5) is 11.4 Å². The molecule has 0 aliphatic heterocycles. The third-order valence-corrected chi connectivity index (χ3v) is 4.91. The van der Waals surface area contributed by atoms with Gasteiger partial charge in [0.05, 0.1) is 16.8 Å². The van der Waals surface area contributed by atoms with Crippen LogP contribution < -0.4 is 5.32 Å². The lowest BCUT2D eigenvalue weighted by molar-refractivity contribution is -0.118. The molecule has 0 radical (unpaired) electrons. The van der Waals surface area contributed by atoms with E-state index in [0.29, 0.717) is 24.8 Å². The summed E-state index contributed by atoms with van der Waals surface area (Å²) in [4.78, 5) is 29.3. The summed E-state index contributed by atoms with van der Waals surface area (Å²) in [6, 6.07) is 13.8. The third-order valence-electron chi connectivity index (χ3n) is 4.91. The second-order valence-corrected chi connectivity index (χ2v) is 7.08. The molecule has 0 amide bonds. The number of fused-ring (bicyclic) bond motifs is 1. The van der Waals surface area contributed by atoms with Crippen LogP contribution in [0.25, 0.3) is 10.9 Å². The van der Waals surface area contributed by atoms with Crippen molar-refractivity contribution in [2.45, 2.75) is 46.5 Å². The van der Waals surface area contributed by atoms with Gasteiger partial charge in [0.1, 0.15) is 5.78 Å². The standard InChI is InChI=1S/C24H26N2O2/c1-4-9-19(27)13-17-14-20-22(12-16(17)3)25-15-21(23(28)5-2)24(20)26-18-10-7-6-8-11-18/h6-8,10-12,14-15H,4-5,9,13H2,1-3H3,(H,25,26). The van der Waals surface area contributed by atoms with Crippen LogP contribution in [-0.4, -0.2) is 16.6 Å². The van der Waals surface area contributed by atoms with Crippen LogP contribution in [0.5, 0.6) is 0 Å². The quantitative estimate of drug-likeness (QED) is 0.507. The van der Waals surface area contributed by atoms with Crippen molar-refractivity contribution in [2.24, 2.45) is 0 Å². The molecule has 0 aliphatic carbocycles. The van der Waals surface area contributed by atoms with Crippen molar-refractivity contribution < 1.29 is 9.59 Å². The van der Waals surface area contributed by atoms with Gasteiger partial charge in [0, 0.05) is 36.5 Å². The molecule has 0 bridgehead atoms. The number of rotatable bonds is 8. The molecule has 144 valence electrons. The minimum Gasteiger partial charge on any atom is -0.354 e. The van der Waals surface area contributed by atoms with Gasteiger partial charge in [-0.3, -0.25) is 14.6 Å². The van der Waals surface area contributed by atoms with Crippen molar-refractivity contribution in [1.82, 2.24) is 4.98 Å². The van der Waals surface area contributed by atoms with Crippen molar-refractivity contribution in [3.8, 4) is 0 Å². The van der Waals surface area contributed by atoms with E-state index >= 15 is 0 Å². The predicted octanol–water partition coefficient (Wildman–Crippen LogP) is 5.79. The topological polar surface area (TPSA) is 59.1 Å². The minimum absolute atomic E-state index is 0.0389. The maximum Gasteiger partial charge on any atom is 0.166 e. The van der Waals surface area contributed by atoms with Crippen molar-refractivity contribution in [3.63, 3.8) is 0 Å². The van der Waals surface area contributed by atoms with E-state index in [-0.39, 0.29) is 11.6 Å². The first-order valence-electron chi connectivity index (χ1n) is 9.82. The third kappa shape index (κ3) is 4.28. The Morgan fingerprint density at radius 1 is 1.07 bits per heavy atom. The fraction of sp³-hybridized carbons (Fsp3) is 0.292. The number of aryl methyl sites for hydroxylation is 1. The van der Waals surface area contributed by atoms with E-state index in [2.05, 4.69) is 10.3 Å². The molecule has 0 saturated heterocycles. The molecule has 0 saturated carbocycles. The first-order valence-corrected chi connectivity index (χ1v) is 9.82. The average molecular weight is 374 g/mol. The van der Waals surface area contributed by atoms with Crippen molar-refractivity contribution in [3.05, 3.63) is 65.4 Å². The molecule has 0 spiro atoms. The van der Waals surface area contributed by atoms with Crippen molar-refractivity contribution >= 4 is 33.8 Å². The van der Waals surface area contributed by atoms with Gasteiger partial charge in [-0.25, -0.2) is 0 Å². The van der Waals surface area contributed by atoms with Crippen molar-refractivity contribution in [2.75, 3.05) is 5.32 Å². The van der Waals surface area contributed by atoms with Crippen LogP contribution in [0.15, 0.2) is 48.7 Å². The Labute approximate surface area is 166 Å². The van der Waals surface area contributed by atoms with Crippen LogP contribution in [-0.2, 0) is 11.2 Å². The highest BCUT2D eigenvalue weighted by Gasteiger charge is 2.17. The predicted molar refractivity (Wildman–Crippen MR) is 114 cm³/mol. The summed E-state index contributed by atoms with van der Waals surface area (Å²) < 4.78 is 0. The van der Waals surface area contributed by atoms with Gasteiger partial charge in [-0.1, -0.05) is 32.0 Å². The molecule has 1 N–H and O–H groups in total. The van der Waals surface area contributed by atoms with E-state index in [1.54, 1.807) is 6.20 Å². The van der Waals surface area contributed by atoms with E-state index in [4.69, 9.17) is 0 Å². The zero-order valence-electron chi connectivity index (χ0n) is 16.7. The molecule has 4 nitrogen and oxygen atoms in total. The van der Waals surface area contributed by atoms with Gasteiger partial charge in [0.15, 0.2) is 5.78 Å². The first kappa shape index (κ1) is 19.7. The zero-order chi connectivity index (χ0) is 20.1. The Balaban J connectivity index is 2.16. The normalized spacial score (nSPS) is 10.8. The van der Waals surface area contributed by atoms with Crippen LogP contribution in [0.1, 0.15) is 54.6 Å². The van der Waals surface area contributed by atoms with Gasteiger partial charge >= 0.3 is 0 Å². The molecule has 4 heteroatoms. The summed E-state index contributed by atoms with van der Waals surface area (Å²) in [5.74, 6) is 0.272. The number of ketones is 2. The van der Waals surface area contributed by atoms with Crippen LogP contribution in [0.3, 0.4) is 0 Å². The van der Waals surface area contributed by atoms with Crippen LogP contribution in [0.2, 0.25) is 0 Å². The lowest BCUT2D eigenvalue weighted by Gasteiger charge is -2.16. The number of nitrogens with one attached hydrogen (secondary N) is 1. The molecule has 0 aliphatic rings. The first-order chi connectivity index (χ1) is 13.5. The number of hydrogen-bond acceptors (Lipinski definition) is 4. The molecule has 3 aromatic rings. The van der Waals surface area contributed by atoms with E-state index in [0.717, 1.165) is 39.8 Å². The number of para-hydroxylation sites is 1. The molecule has 28 heavy (non-hydrogen) atoms. The number of nitrogens with zero attached hydrogens (tertiary/aromatic N) is 1. The average Bonchev–Trinajstić information content (AvgIpc) is 2.69. The molecule has 1 aromatic heterocycles. The lowest BCUT2D eigenvalue weighted by Crippen LogP contribution is -2.07. The second-order valence-electron chi connectivity index (χ2n) is 7.08. The monoisotopic (exact) mass is 374 g/mol. The molecule has 2 aromatic carbocycles. The van der Waals surface area contributed by atoms with E-state index in [1.165, 1.54) is 0 Å². The molecule has 0 unspecified atom stereocenters. The molecular weight excluding hydrogens is 348 g/mol. The SMILES string of the molecule is CCCC(=O)Cc1cc2c(Nc3ccccc3)c(C(=O)CC)cnc2cc1C. The number of anilines is 2. The Hall–Kier alpha value is -3.01. The maximum absolute atomic E-state index is 12.5. The number of carbonyl (C=O) groups is 2. The van der Waals surface area contributed by atoms with Gasteiger partial charge in [0.25, 0.3) is 0 Å². The Morgan fingerprint density at radius 3 is 2.50 bits per heavy atom. The summed E-state index contributed by atoms with van der Waals surface area (Å²) in [5, 5.41) is 4.28. The van der Waals surface area contributed by atoms with E-state index in [9.17, 15) is 9.59 Å². The highest BCUT2D eigenvalue weighted by molar-refractivity contribution is 6.09. The zero-order valence-corrected chi connectivity index (χ0v) is 16.7. The van der Waals surface area contributed by atoms with Crippen LogP contribution >= 0.6 is 0 Å². The summed E-state index contributed by atoms with van der Waals surface area (Å²) in [5.41, 5.74) is 5.09. The number of carbonyl (C=O) groups excluding carboxylic acids is 2. The fourth-order valence-electron chi connectivity index (χ4n) is 3.36. The van der Waals surface area contributed by atoms with Crippen LogP contribution in [0, 0.1) is 6.92 Å². The van der Waals surface area contributed by atoms with Gasteiger partial charge in [-0.15, -0.1) is 0 Å². The largest absolute Gasteiger partial charge is 0.354 e. The second kappa shape index (κ2) is 8.79.